The summed E-state index contributed by atoms with van der Waals surface area (Å²) in [6, 6.07) is 6.34. The zero-order valence-electron chi connectivity index (χ0n) is 13.0. The van der Waals surface area contributed by atoms with E-state index in [-0.39, 0.29) is 0 Å². The van der Waals surface area contributed by atoms with Crippen LogP contribution in [-0.4, -0.2) is 13.7 Å². The molecule has 0 aliphatic carbocycles. The molecule has 1 rings (SSSR count). The average Bonchev–Trinajstić information content (AvgIpc) is 2.46. The maximum atomic E-state index is 6.26. The number of benzene rings is 1. The van der Waals surface area contributed by atoms with Crippen LogP contribution < -0.4 is 10.1 Å². The first kappa shape index (κ1) is 17.3. The number of rotatable bonds is 10. The highest BCUT2D eigenvalue weighted by atomic mass is 35.5. The van der Waals surface area contributed by atoms with Gasteiger partial charge in [-0.15, -0.1) is 0 Å². The summed E-state index contributed by atoms with van der Waals surface area (Å²) >= 11 is 6.26. The second kappa shape index (κ2) is 10.1. The van der Waals surface area contributed by atoms with Crippen molar-refractivity contribution in [2.75, 3.05) is 13.7 Å². The third kappa shape index (κ3) is 6.15. The standard InChI is InChI=1S/C17H28ClNO/c1-4-5-6-7-8-9-12-20-17-11-10-15(13-16(17)18)14(2)19-3/h10-11,13-14,19H,4-9,12H2,1-3H3. The van der Waals surface area contributed by atoms with Gasteiger partial charge in [0.1, 0.15) is 5.75 Å². The third-order valence-corrected chi connectivity index (χ3v) is 3.94. The van der Waals surface area contributed by atoms with E-state index in [0.29, 0.717) is 11.1 Å². The first-order chi connectivity index (χ1) is 9.69. The van der Waals surface area contributed by atoms with Gasteiger partial charge >= 0.3 is 0 Å². The van der Waals surface area contributed by atoms with Crippen LogP contribution in [-0.2, 0) is 0 Å². The van der Waals surface area contributed by atoms with Crippen LogP contribution in [0.4, 0.5) is 0 Å². The van der Waals surface area contributed by atoms with E-state index in [9.17, 15) is 0 Å². The molecule has 1 N–H and O–H groups in total. The van der Waals surface area contributed by atoms with Gasteiger partial charge in [-0.1, -0.05) is 56.7 Å². The molecule has 0 spiro atoms. The van der Waals surface area contributed by atoms with E-state index in [1.807, 2.05) is 19.2 Å². The monoisotopic (exact) mass is 297 g/mol. The summed E-state index contributed by atoms with van der Waals surface area (Å²) in [6.45, 7) is 5.11. The van der Waals surface area contributed by atoms with E-state index in [1.54, 1.807) is 0 Å². The van der Waals surface area contributed by atoms with Gasteiger partial charge in [-0.2, -0.15) is 0 Å². The van der Waals surface area contributed by atoms with Gasteiger partial charge in [-0.25, -0.2) is 0 Å². The number of nitrogens with one attached hydrogen (secondary N) is 1. The van der Waals surface area contributed by atoms with Gasteiger partial charge in [0.15, 0.2) is 0 Å². The quantitative estimate of drug-likeness (QED) is 0.587. The normalized spacial score (nSPS) is 12.4. The molecule has 1 atom stereocenters. The van der Waals surface area contributed by atoms with Crippen LogP contribution in [0.2, 0.25) is 5.02 Å². The third-order valence-electron chi connectivity index (χ3n) is 3.64. The van der Waals surface area contributed by atoms with Gasteiger partial charge in [0, 0.05) is 6.04 Å². The molecular weight excluding hydrogens is 270 g/mol. The van der Waals surface area contributed by atoms with Crippen LogP contribution in [0.3, 0.4) is 0 Å². The van der Waals surface area contributed by atoms with Crippen LogP contribution >= 0.6 is 11.6 Å². The second-order valence-corrected chi connectivity index (χ2v) is 5.72. The summed E-state index contributed by atoms with van der Waals surface area (Å²) in [5.41, 5.74) is 1.18. The summed E-state index contributed by atoms with van der Waals surface area (Å²) in [7, 11) is 1.95. The molecule has 0 aliphatic rings. The Labute approximate surface area is 128 Å². The molecule has 1 aromatic rings. The predicted octanol–water partition coefficient (Wildman–Crippen LogP) is 5.36. The molecule has 0 fully saturated rings. The minimum absolute atomic E-state index is 0.306. The lowest BCUT2D eigenvalue weighted by Crippen LogP contribution is -2.12. The Balaban J connectivity index is 2.30. The van der Waals surface area contributed by atoms with Crippen molar-refractivity contribution >= 4 is 11.6 Å². The molecule has 0 aromatic heterocycles. The Morgan fingerprint density at radius 1 is 1.15 bits per heavy atom. The predicted molar refractivity (Wildman–Crippen MR) is 87.8 cm³/mol. The van der Waals surface area contributed by atoms with Crippen molar-refractivity contribution in [3.05, 3.63) is 28.8 Å². The van der Waals surface area contributed by atoms with Crippen LogP contribution in [0.5, 0.6) is 5.75 Å². The SMILES string of the molecule is CCCCCCCCOc1ccc(C(C)NC)cc1Cl. The molecule has 0 amide bonds. The van der Waals surface area contributed by atoms with E-state index < -0.39 is 0 Å². The molecule has 3 heteroatoms. The first-order valence-electron chi connectivity index (χ1n) is 7.78. The second-order valence-electron chi connectivity index (χ2n) is 5.32. The lowest BCUT2D eigenvalue weighted by Gasteiger charge is -2.13. The molecule has 0 aliphatic heterocycles. The summed E-state index contributed by atoms with van der Waals surface area (Å²) in [6.07, 6.45) is 7.64. The summed E-state index contributed by atoms with van der Waals surface area (Å²) in [5.74, 6) is 0.798. The van der Waals surface area contributed by atoms with Crippen molar-refractivity contribution in [1.82, 2.24) is 5.32 Å². The zero-order chi connectivity index (χ0) is 14.8. The molecule has 114 valence electrons. The van der Waals surface area contributed by atoms with E-state index in [4.69, 9.17) is 16.3 Å². The molecule has 20 heavy (non-hydrogen) atoms. The Kier molecular flexibility index (Phi) is 8.72. The number of halogens is 1. The Hall–Kier alpha value is -0.730. The lowest BCUT2D eigenvalue weighted by atomic mass is 10.1. The largest absolute Gasteiger partial charge is 0.492 e. The van der Waals surface area contributed by atoms with E-state index in [1.165, 1.54) is 37.7 Å². The van der Waals surface area contributed by atoms with Crippen molar-refractivity contribution in [3.8, 4) is 5.75 Å². The maximum Gasteiger partial charge on any atom is 0.137 e. The van der Waals surface area contributed by atoms with E-state index in [0.717, 1.165) is 18.8 Å². The van der Waals surface area contributed by atoms with Crippen LogP contribution in [0, 0.1) is 0 Å². The smallest absolute Gasteiger partial charge is 0.137 e. The molecule has 0 saturated carbocycles. The van der Waals surface area contributed by atoms with Gasteiger partial charge in [0.05, 0.1) is 11.6 Å². The number of ether oxygens (including phenoxy) is 1. The highest BCUT2D eigenvalue weighted by molar-refractivity contribution is 6.32. The molecular formula is C17H28ClNO. The maximum absolute atomic E-state index is 6.26. The van der Waals surface area contributed by atoms with Crippen LogP contribution in [0.1, 0.15) is 64.0 Å². The number of unbranched alkanes of at least 4 members (excludes halogenated alkanes) is 5. The minimum atomic E-state index is 0.306. The fraction of sp³-hybridized carbons (Fsp3) is 0.647. The molecule has 2 nitrogen and oxygen atoms in total. The Morgan fingerprint density at radius 2 is 1.85 bits per heavy atom. The van der Waals surface area contributed by atoms with Crippen molar-refractivity contribution in [1.29, 1.82) is 0 Å². The van der Waals surface area contributed by atoms with Crippen molar-refractivity contribution in [2.24, 2.45) is 0 Å². The molecule has 0 radical (unpaired) electrons. The Morgan fingerprint density at radius 3 is 2.50 bits per heavy atom. The highest BCUT2D eigenvalue weighted by Crippen LogP contribution is 2.28. The molecule has 0 saturated heterocycles. The van der Waals surface area contributed by atoms with Gasteiger partial charge in [0.2, 0.25) is 0 Å². The van der Waals surface area contributed by atoms with Crippen molar-refractivity contribution < 1.29 is 4.74 Å². The summed E-state index contributed by atoms with van der Waals surface area (Å²) in [4.78, 5) is 0. The Bertz CT molecular complexity index is 381. The van der Waals surface area contributed by atoms with Gasteiger partial charge < -0.3 is 10.1 Å². The number of hydrogen-bond donors (Lipinski definition) is 1. The lowest BCUT2D eigenvalue weighted by molar-refractivity contribution is 0.304. The van der Waals surface area contributed by atoms with Gasteiger partial charge in [-0.05, 0) is 38.1 Å². The van der Waals surface area contributed by atoms with Crippen LogP contribution in [0.15, 0.2) is 18.2 Å². The topological polar surface area (TPSA) is 21.3 Å². The molecule has 1 unspecified atom stereocenters. The number of hydrogen-bond acceptors (Lipinski definition) is 2. The first-order valence-corrected chi connectivity index (χ1v) is 8.16. The van der Waals surface area contributed by atoms with Crippen molar-refractivity contribution in [3.63, 3.8) is 0 Å². The molecule has 1 aromatic carbocycles. The zero-order valence-corrected chi connectivity index (χ0v) is 13.8. The molecule has 0 heterocycles. The molecule has 0 bridgehead atoms. The van der Waals surface area contributed by atoms with Gasteiger partial charge in [0.25, 0.3) is 0 Å². The van der Waals surface area contributed by atoms with Crippen LogP contribution in [0.25, 0.3) is 0 Å². The average molecular weight is 298 g/mol. The summed E-state index contributed by atoms with van der Waals surface area (Å²) < 4.78 is 5.76. The summed E-state index contributed by atoms with van der Waals surface area (Å²) in [5, 5.41) is 3.91. The highest BCUT2D eigenvalue weighted by Gasteiger charge is 2.07. The van der Waals surface area contributed by atoms with E-state index >= 15 is 0 Å². The fourth-order valence-corrected chi connectivity index (χ4v) is 2.38. The fourth-order valence-electron chi connectivity index (χ4n) is 2.13. The van der Waals surface area contributed by atoms with Crippen molar-refractivity contribution in [2.45, 2.75) is 58.4 Å². The van der Waals surface area contributed by atoms with E-state index in [2.05, 4.69) is 25.2 Å². The van der Waals surface area contributed by atoms with Gasteiger partial charge in [-0.3, -0.25) is 0 Å². The minimum Gasteiger partial charge on any atom is -0.492 e.